The lowest BCUT2D eigenvalue weighted by Gasteiger charge is -2.46. The number of hydrogen-bond acceptors (Lipinski definition) is 4. The van der Waals surface area contributed by atoms with Crippen LogP contribution in [0, 0.1) is 5.41 Å². The maximum Gasteiger partial charge on any atom is 0.313 e. The minimum atomic E-state index is -0.531. The molecule has 1 aromatic rings. The number of esters is 1. The number of piperidine rings is 2. The summed E-state index contributed by atoms with van der Waals surface area (Å²) in [6.07, 6.45) is 4.40. The van der Waals surface area contributed by atoms with Gasteiger partial charge in [0.15, 0.2) is 0 Å². The third-order valence-corrected chi connectivity index (χ3v) is 6.41. The van der Waals surface area contributed by atoms with Crippen LogP contribution in [0.25, 0.3) is 0 Å². The van der Waals surface area contributed by atoms with Crippen LogP contribution in [0.5, 0.6) is 0 Å². The third-order valence-electron chi connectivity index (χ3n) is 6.17. The van der Waals surface area contributed by atoms with Gasteiger partial charge in [-0.3, -0.25) is 14.5 Å². The standard InChI is InChI=1S/C22H31ClN2O3/c1-3-28-21(27)22(15-18-6-4-7-19(23)14-18)10-5-11-25(16-22)20-8-12-24(13-9-20)17(2)26/h4,6-7,14,20H,3,5,8-13,15-16H2,1-2H3/t22-/m0/s1. The first-order valence-corrected chi connectivity index (χ1v) is 10.7. The lowest BCUT2D eigenvalue weighted by molar-refractivity contribution is -0.160. The van der Waals surface area contributed by atoms with Crippen LogP contribution >= 0.6 is 11.6 Å². The van der Waals surface area contributed by atoms with Crippen LogP contribution in [0.1, 0.15) is 45.1 Å². The van der Waals surface area contributed by atoms with Crippen molar-refractivity contribution >= 4 is 23.5 Å². The zero-order valence-electron chi connectivity index (χ0n) is 17.0. The number of likely N-dealkylation sites (tertiary alicyclic amines) is 2. The van der Waals surface area contributed by atoms with Crippen molar-refractivity contribution in [2.75, 3.05) is 32.8 Å². The van der Waals surface area contributed by atoms with Crippen LogP contribution < -0.4 is 0 Å². The van der Waals surface area contributed by atoms with Crippen molar-refractivity contribution < 1.29 is 14.3 Å². The molecule has 1 amide bonds. The number of rotatable bonds is 5. The summed E-state index contributed by atoms with van der Waals surface area (Å²) in [6.45, 7) is 7.22. The largest absolute Gasteiger partial charge is 0.466 e. The highest BCUT2D eigenvalue weighted by Crippen LogP contribution is 2.37. The second-order valence-corrected chi connectivity index (χ2v) is 8.56. The Labute approximate surface area is 173 Å². The lowest BCUT2D eigenvalue weighted by Crippen LogP contribution is -2.55. The number of carbonyl (C=O) groups excluding carboxylic acids is 2. The number of ether oxygens (including phenoxy) is 1. The molecule has 1 atom stereocenters. The van der Waals surface area contributed by atoms with Gasteiger partial charge in [0.25, 0.3) is 0 Å². The average Bonchev–Trinajstić information content (AvgIpc) is 2.68. The molecule has 2 heterocycles. The third kappa shape index (κ3) is 4.87. The fourth-order valence-electron chi connectivity index (χ4n) is 4.73. The molecule has 2 fully saturated rings. The summed E-state index contributed by atoms with van der Waals surface area (Å²) in [5.41, 5.74) is 0.546. The summed E-state index contributed by atoms with van der Waals surface area (Å²) in [5.74, 6) is 0.0553. The maximum absolute atomic E-state index is 13.0. The summed E-state index contributed by atoms with van der Waals surface area (Å²) in [7, 11) is 0. The molecule has 0 unspecified atom stereocenters. The second kappa shape index (κ2) is 9.27. The van der Waals surface area contributed by atoms with Gasteiger partial charge in [-0.15, -0.1) is 0 Å². The van der Waals surface area contributed by atoms with Crippen LogP contribution in [-0.2, 0) is 20.7 Å². The maximum atomic E-state index is 13.0. The van der Waals surface area contributed by atoms with Crippen molar-refractivity contribution in [3.05, 3.63) is 34.9 Å². The van der Waals surface area contributed by atoms with Crippen LogP contribution in [0.2, 0.25) is 5.02 Å². The van der Waals surface area contributed by atoms with Crippen molar-refractivity contribution in [3.8, 4) is 0 Å². The molecule has 28 heavy (non-hydrogen) atoms. The Kier molecular flexibility index (Phi) is 7.00. The van der Waals surface area contributed by atoms with E-state index in [0.29, 0.717) is 30.6 Å². The van der Waals surface area contributed by atoms with Crippen molar-refractivity contribution in [1.29, 1.82) is 0 Å². The Morgan fingerprint density at radius 2 is 2.00 bits per heavy atom. The molecule has 0 spiro atoms. The number of halogens is 1. The topological polar surface area (TPSA) is 49.9 Å². The lowest BCUT2D eigenvalue weighted by atomic mass is 9.74. The summed E-state index contributed by atoms with van der Waals surface area (Å²) in [5, 5.41) is 0.695. The van der Waals surface area contributed by atoms with E-state index in [4.69, 9.17) is 16.3 Å². The van der Waals surface area contributed by atoms with Crippen molar-refractivity contribution in [3.63, 3.8) is 0 Å². The summed E-state index contributed by atoms with van der Waals surface area (Å²) in [6, 6.07) is 8.21. The zero-order valence-corrected chi connectivity index (χ0v) is 17.7. The Hall–Kier alpha value is -1.59. The minimum absolute atomic E-state index is 0.0964. The van der Waals surface area contributed by atoms with E-state index in [2.05, 4.69) is 4.90 Å². The molecule has 0 bridgehead atoms. The summed E-state index contributed by atoms with van der Waals surface area (Å²) < 4.78 is 5.52. The highest BCUT2D eigenvalue weighted by molar-refractivity contribution is 6.30. The molecule has 1 aromatic carbocycles. The zero-order chi connectivity index (χ0) is 20.1. The SMILES string of the molecule is CCOC(=O)[C@]1(Cc2cccc(Cl)c2)CCCN(C2CCN(C(C)=O)CC2)C1. The van der Waals surface area contributed by atoms with Crippen LogP contribution in [0.4, 0.5) is 0 Å². The molecule has 154 valence electrons. The van der Waals surface area contributed by atoms with Gasteiger partial charge in [0.1, 0.15) is 0 Å². The normalized spacial score (nSPS) is 24.2. The van der Waals surface area contributed by atoms with Gasteiger partial charge < -0.3 is 9.64 Å². The van der Waals surface area contributed by atoms with E-state index < -0.39 is 5.41 Å². The van der Waals surface area contributed by atoms with E-state index in [1.54, 1.807) is 6.92 Å². The van der Waals surface area contributed by atoms with E-state index in [9.17, 15) is 9.59 Å². The van der Waals surface area contributed by atoms with Gasteiger partial charge in [-0.05, 0) is 63.3 Å². The van der Waals surface area contributed by atoms with Gasteiger partial charge in [-0.1, -0.05) is 23.7 Å². The van der Waals surface area contributed by atoms with Gasteiger partial charge in [0, 0.05) is 37.6 Å². The monoisotopic (exact) mass is 406 g/mol. The van der Waals surface area contributed by atoms with E-state index in [0.717, 1.165) is 50.9 Å². The fourth-order valence-corrected chi connectivity index (χ4v) is 4.94. The molecule has 2 aliphatic heterocycles. The average molecular weight is 407 g/mol. The van der Waals surface area contributed by atoms with Crippen LogP contribution in [0.15, 0.2) is 24.3 Å². The highest BCUT2D eigenvalue weighted by atomic mass is 35.5. The van der Waals surface area contributed by atoms with E-state index in [1.807, 2.05) is 36.1 Å². The quantitative estimate of drug-likeness (QED) is 0.702. The van der Waals surface area contributed by atoms with Crippen molar-refractivity contribution in [1.82, 2.24) is 9.80 Å². The Morgan fingerprint density at radius 1 is 1.25 bits per heavy atom. The van der Waals surface area contributed by atoms with E-state index in [1.165, 1.54) is 0 Å². The Balaban J connectivity index is 1.76. The molecule has 3 rings (SSSR count). The van der Waals surface area contributed by atoms with Gasteiger partial charge >= 0.3 is 5.97 Å². The molecular formula is C22H31ClN2O3. The molecular weight excluding hydrogens is 376 g/mol. The number of hydrogen-bond donors (Lipinski definition) is 0. The minimum Gasteiger partial charge on any atom is -0.466 e. The number of amides is 1. The fraction of sp³-hybridized carbons (Fsp3) is 0.636. The Morgan fingerprint density at radius 3 is 2.64 bits per heavy atom. The van der Waals surface area contributed by atoms with Gasteiger partial charge in [0.2, 0.25) is 5.91 Å². The molecule has 0 aliphatic carbocycles. The molecule has 2 aliphatic rings. The van der Waals surface area contributed by atoms with Crippen molar-refractivity contribution in [2.45, 2.75) is 52.0 Å². The molecule has 0 aromatic heterocycles. The molecule has 0 radical (unpaired) electrons. The van der Waals surface area contributed by atoms with E-state index in [-0.39, 0.29) is 11.9 Å². The predicted molar refractivity (Wildman–Crippen MR) is 110 cm³/mol. The first-order chi connectivity index (χ1) is 13.4. The van der Waals surface area contributed by atoms with Crippen molar-refractivity contribution in [2.24, 2.45) is 5.41 Å². The molecule has 0 saturated carbocycles. The molecule has 6 heteroatoms. The Bertz CT molecular complexity index is 703. The number of nitrogens with zero attached hydrogens (tertiary/aromatic N) is 2. The summed E-state index contributed by atoms with van der Waals surface area (Å²) in [4.78, 5) is 29.0. The van der Waals surface area contributed by atoms with Crippen LogP contribution in [0.3, 0.4) is 0 Å². The van der Waals surface area contributed by atoms with Gasteiger partial charge in [-0.2, -0.15) is 0 Å². The number of carbonyl (C=O) groups is 2. The molecule has 5 nitrogen and oxygen atoms in total. The summed E-state index contributed by atoms with van der Waals surface area (Å²) >= 11 is 6.18. The highest BCUT2D eigenvalue weighted by Gasteiger charge is 2.45. The first kappa shape index (κ1) is 21.1. The predicted octanol–water partition coefficient (Wildman–Crippen LogP) is 3.54. The van der Waals surface area contributed by atoms with Crippen LogP contribution in [-0.4, -0.2) is 60.5 Å². The molecule has 0 N–H and O–H groups in total. The molecule has 2 saturated heterocycles. The van der Waals surface area contributed by atoms with E-state index >= 15 is 0 Å². The van der Waals surface area contributed by atoms with Gasteiger partial charge in [0.05, 0.1) is 12.0 Å². The second-order valence-electron chi connectivity index (χ2n) is 8.12. The van der Waals surface area contributed by atoms with Gasteiger partial charge in [-0.25, -0.2) is 0 Å². The number of benzene rings is 1. The first-order valence-electron chi connectivity index (χ1n) is 10.3. The smallest absolute Gasteiger partial charge is 0.313 e.